The van der Waals surface area contributed by atoms with Gasteiger partial charge in [-0.15, -0.1) is 0 Å². The van der Waals surface area contributed by atoms with Crippen LogP contribution in [0.4, 0.5) is 4.39 Å². The van der Waals surface area contributed by atoms with E-state index in [9.17, 15) is 4.39 Å². The summed E-state index contributed by atoms with van der Waals surface area (Å²) < 4.78 is 13.4. The second-order valence-corrected chi connectivity index (χ2v) is 3.39. The largest absolute Gasteiger partial charge is 0.211 e. The summed E-state index contributed by atoms with van der Waals surface area (Å²) in [6, 6.07) is 8.12. The van der Waals surface area contributed by atoms with E-state index in [1.807, 2.05) is 25.1 Å². The molecular weight excluding hydrogens is 163 g/mol. The third-order valence-electron chi connectivity index (χ3n) is 2.64. The van der Waals surface area contributed by atoms with Crippen LogP contribution in [0.2, 0.25) is 0 Å². The van der Waals surface area contributed by atoms with Crippen molar-refractivity contribution in [1.82, 2.24) is 0 Å². The highest BCUT2D eigenvalue weighted by Gasteiger charge is 2.16. The average molecular weight is 176 g/mol. The molecule has 0 amide bonds. The van der Waals surface area contributed by atoms with Gasteiger partial charge in [0.15, 0.2) is 0 Å². The zero-order valence-corrected chi connectivity index (χ0v) is 7.81. The molecule has 0 aromatic heterocycles. The maximum atomic E-state index is 13.4. The Hall–Kier alpha value is -1.11. The second kappa shape index (κ2) is 3.33. The second-order valence-electron chi connectivity index (χ2n) is 3.39. The van der Waals surface area contributed by atoms with Gasteiger partial charge < -0.3 is 0 Å². The number of hydrogen-bond acceptors (Lipinski definition) is 0. The topological polar surface area (TPSA) is 0 Å². The summed E-state index contributed by atoms with van der Waals surface area (Å²) in [6.07, 6.45) is 2.23. The lowest BCUT2D eigenvalue weighted by molar-refractivity contribution is 0.582. The lowest BCUT2D eigenvalue weighted by Crippen LogP contribution is -2.01. The average Bonchev–Trinajstić information content (AvgIpc) is 2.18. The third-order valence-corrected chi connectivity index (χ3v) is 2.64. The number of fused-ring (bicyclic) bond motifs is 1. The SMILES string of the molecule is CCC1=C(F)CCc2ccccc21. The molecule has 0 radical (unpaired) electrons. The smallest absolute Gasteiger partial charge is 0.104 e. The fraction of sp³-hybridized carbons (Fsp3) is 0.333. The number of rotatable bonds is 1. The van der Waals surface area contributed by atoms with Gasteiger partial charge in [-0.1, -0.05) is 31.2 Å². The van der Waals surface area contributed by atoms with Crippen molar-refractivity contribution < 1.29 is 4.39 Å². The number of allylic oxidation sites excluding steroid dienone is 2. The third kappa shape index (κ3) is 1.39. The van der Waals surface area contributed by atoms with Crippen LogP contribution in [0.5, 0.6) is 0 Å². The van der Waals surface area contributed by atoms with Crippen molar-refractivity contribution in [2.75, 3.05) is 0 Å². The Morgan fingerprint density at radius 3 is 2.77 bits per heavy atom. The van der Waals surface area contributed by atoms with Crippen molar-refractivity contribution in [3.63, 3.8) is 0 Å². The van der Waals surface area contributed by atoms with Crippen molar-refractivity contribution in [3.8, 4) is 0 Å². The Bertz CT molecular complexity index is 350. The van der Waals surface area contributed by atoms with Gasteiger partial charge in [0.1, 0.15) is 5.83 Å². The van der Waals surface area contributed by atoms with E-state index in [0.29, 0.717) is 6.42 Å². The molecule has 13 heavy (non-hydrogen) atoms. The van der Waals surface area contributed by atoms with Gasteiger partial charge in [-0.05, 0) is 29.5 Å². The molecule has 0 spiro atoms. The Balaban J connectivity index is 2.55. The number of aryl methyl sites for hydroxylation is 1. The molecule has 1 aliphatic rings. The zero-order valence-electron chi connectivity index (χ0n) is 7.81. The summed E-state index contributed by atoms with van der Waals surface area (Å²) >= 11 is 0. The predicted molar refractivity (Wildman–Crippen MR) is 53.1 cm³/mol. The van der Waals surface area contributed by atoms with Gasteiger partial charge in [-0.25, -0.2) is 4.39 Å². The van der Waals surface area contributed by atoms with E-state index in [1.54, 1.807) is 0 Å². The normalized spacial score (nSPS) is 15.8. The first-order chi connectivity index (χ1) is 6.33. The minimum absolute atomic E-state index is 0.0844. The summed E-state index contributed by atoms with van der Waals surface area (Å²) in [5.41, 5.74) is 3.32. The Morgan fingerprint density at radius 1 is 1.23 bits per heavy atom. The monoisotopic (exact) mass is 176 g/mol. The van der Waals surface area contributed by atoms with E-state index < -0.39 is 0 Å². The molecule has 2 rings (SSSR count). The van der Waals surface area contributed by atoms with Crippen molar-refractivity contribution in [1.29, 1.82) is 0 Å². The molecule has 1 aliphatic carbocycles. The molecule has 1 aromatic carbocycles. The van der Waals surface area contributed by atoms with E-state index in [2.05, 4.69) is 6.07 Å². The molecule has 0 saturated carbocycles. The molecule has 0 fully saturated rings. The van der Waals surface area contributed by atoms with Crippen LogP contribution in [-0.4, -0.2) is 0 Å². The van der Waals surface area contributed by atoms with Crippen LogP contribution in [-0.2, 0) is 6.42 Å². The van der Waals surface area contributed by atoms with Crippen molar-refractivity contribution in [2.24, 2.45) is 0 Å². The van der Waals surface area contributed by atoms with Crippen molar-refractivity contribution >= 4 is 5.57 Å². The minimum atomic E-state index is 0.0844. The van der Waals surface area contributed by atoms with Gasteiger partial charge in [0.25, 0.3) is 0 Å². The molecule has 68 valence electrons. The van der Waals surface area contributed by atoms with Crippen LogP contribution in [0.3, 0.4) is 0 Å². The summed E-state index contributed by atoms with van der Waals surface area (Å²) in [7, 11) is 0. The quantitative estimate of drug-likeness (QED) is 0.611. The molecule has 0 nitrogen and oxygen atoms in total. The Labute approximate surface area is 78.1 Å². The van der Waals surface area contributed by atoms with Gasteiger partial charge in [-0.2, -0.15) is 0 Å². The first-order valence-electron chi connectivity index (χ1n) is 4.78. The lowest BCUT2D eigenvalue weighted by atomic mass is 9.89. The van der Waals surface area contributed by atoms with Crippen LogP contribution < -0.4 is 0 Å². The molecule has 0 heterocycles. The van der Waals surface area contributed by atoms with E-state index in [0.717, 1.165) is 24.0 Å². The number of halogens is 1. The molecule has 1 aromatic rings. The molecule has 0 unspecified atom stereocenters. The molecule has 0 saturated heterocycles. The van der Waals surface area contributed by atoms with E-state index >= 15 is 0 Å². The summed E-state index contributed by atoms with van der Waals surface area (Å²) in [4.78, 5) is 0. The molecular formula is C12H13F. The first-order valence-corrected chi connectivity index (χ1v) is 4.78. The summed E-state index contributed by atoms with van der Waals surface area (Å²) in [5, 5.41) is 0. The fourth-order valence-electron chi connectivity index (χ4n) is 1.96. The highest BCUT2D eigenvalue weighted by Crippen LogP contribution is 2.33. The Kier molecular flexibility index (Phi) is 2.17. The summed E-state index contributed by atoms with van der Waals surface area (Å²) in [5.74, 6) is 0.0844. The van der Waals surface area contributed by atoms with Crippen LogP contribution >= 0.6 is 0 Å². The fourth-order valence-corrected chi connectivity index (χ4v) is 1.96. The maximum absolute atomic E-state index is 13.4. The van der Waals surface area contributed by atoms with E-state index in [1.165, 1.54) is 5.56 Å². The Morgan fingerprint density at radius 2 is 2.00 bits per heavy atom. The number of benzene rings is 1. The zero-order chi connectivity index (χ0) is 9.26. The molecule has 0 N–H and O–H groups in total. The van der Waals surface area contributed by atoms with Crippen molar-refractivity contribution in [2.45, 2.75) is 26.2 Å². The van der Waals surface area contributed by atoms with Crippen molar-refractivity contribution in [3.05, 3.63) is 41.2 Å². The van der Waals surface area contributed by atoms with Crippen LogP contribution in [0.15, 0.2) is 30.1 Å². The molecule has 0 aliphatic heterocycles. The minimum Gasteiger partial charge on any atom is -0.211 e. The molecule has 0 atom stereocenters. The standard InChI is InChI=1S/C12H13F/c1-2-10-11-6-4-3-5-9(11)7-8-12(10)13/h3-6H,2,7-8H2,1H3. The van der Waals surface area contributed by atoms with Crippen LogP contribution in [0, 0.1) is 0 Å². The molecule has 1 heteroatoms. The van der Waals surface area contributed by atoms with Gasteiger partial charge in [0, 0.05) is 6.42 Å². The predicted octanol–water partition coefficient (Wildman–Crippen LogP) is 3.72. The lowest BCUT2D eigenvalue weighted by Gasteiger charge is -2.17. The van der Waals surface area contributed by atoms with E-state index in [4.69, 9.17) is 0 Å². The van der Waals surface area contributed by atoms with Gasteiger partial charge in [0.05, 0.1) is 0 Å². The summed E-state index contributed by atoms with van der Waals surface area (Å²) in [6.45, 7) is 2.01. The molecule has 0 bridgehead atoms. The highest BCUT2D eigenvalue weighted by atomic mass is 19.1. The number of hydrogen-bond donors (Lipinski definition) is 0. The highest BCUT2D eigenvalue weighted by molar-refractivity contribution is 5.71. The maximum Gasteiger partial charge on any atom is 0.104 e. The van der Waals surface area contributed by atoms with Crippen LogP contribution in [0.1, 0.15) is 30.9 Å². The first kappa shape index (κ1) is 8.49. The van der Waals surface area contributed by atoms with Gasteiger partial charge in [0.2, 0.25) is 0 Å². The van der Waals surface area contributed by atoms with E-state index in [-0.39, 0.29) is 5.83 Å². The van der Waals surface area contributed by atoms with Crippen LogP contribution in [0.25, 0.3) is 5.57 Å². The van der Waals surface area contributed by atoms with Gasteiger partial charge >= 0.3 is 0 Å². The van der Waals surface area contributed by atoms with Gasteiger partial charge in [-0.3, -0.25) is 0 Å².